The van der Waals surface area contributed by atoms with Crippen LogP contribution in [0.25, 0.3) is 0 Å². The topological polar surface area (TPSA) is 43.1 Å². The highest BCUT2D eigenvalue weighted by atomic mass is 16.1. The first-order chi connectivity index (χ1) is 6.72. The Morgan fingerprint density at radius 3 is 2.57 bits per heavy atom. The maximum Gasteiger partial charge on any atom is 0.138 e. The summed E-state index contributed by atoms with van der Waals surface area (Å²) in [7, 11) is 0. The maximum atomic E-state index is 11.3. The van der Waals surface area contributed by atoms with Crippen molar-refractivity contribution < 1.29 is 4.79 Å². The summed E-state index contributed by atoms with van der Waals surface area (Å²) in [6.07, 6.45) is 6.50. The van der Waals surface area contributed by atoms with Gasteiger partial charge >= 0.3 is 0 Å². The number of terminal acetylenes is 1. The smallest absolute Gasteiger partial charge is 0.138 e. The van der Waals surface area contributed by atoms with Gasteiger partial charge in [-0.25, -0.2) is 0 Å². The van der Waals surface area contributed by atoms with E-state index in [0.29, 0.717) is 24.9 Å². The minimum absolute atomic E-state index is 0.174. The van der Waals surface area contributed by atoms with Crippen molar-refractivity contribution in [2.45, 2.75) is 19.3 Å². The molecule has 14 heavy (non-hydrogen) atoms. The van der Waals surface area contributed by atoms with E-state index in [1.54, 1.807) is 12.1 Å². The van der Waals surface area contributed by atoms with E-state index in [4.69, 9.17) is 12.2 Å². The van der Waals surface area contributed by atoms with Gasteiger partial charge in [-0.1, -0.05) is 12.1 Å². The molecule has 0 amide bonds. The Hall–Kier alpha value is -1.75. The highest BCUT2D eigenvalue weighted by molar-refractivity contribution is 5.81. The second-order valence-electron chi connectivity index (χ2n) is 3.16. The van der Waals surface area contributed by atoms with Gasteiger partial charge in [-0.05, 0) is 17.7 Å². The molecule has 0 aromatic heterocycles. The second-order valence-corrected chi connectivity index (χ2v) is 3.16. The summed E-state index contributed by atoms with van der Waals surface area (Å²) in [4.78, 5) is 11.3. The fraction of sp³-hybridized carbons (Fsp3) is 0.250. The number of nitrogen functional groups attached to an aromatic ring is 1. The normalized spacial score (nSPS) is 9.36. The van der Waals surface area contributed by atoms with Crippen LogP contribution in [-0.4, -0.2) is 5.78 Å². The van der Waals surface area contributed by atoms with Gasteiger partial charge in [0.1, 0.15) is 5.78 Å². The highest BCUT2D eigenvalue weighted by Gasteiger charge is 2.02. The predicted molar refractivity (Wildman–Crippen MR) is 57.6 cm³/mol. The van der Waals surface area contributed by atoms with Crippen LogP contribution in [0.2, 0.25) is 0 Å². The van der Waals surface area contributed by atoms with Crippen molar-refractivity contribution in [3.8, 4) is 12.3 Å². The minimum atomic E-state index is 0.174. The van der Waals surface area contributed by atoms with E-state index in [2.05, 4.69) is 5.92 Å². The van der Waals surface area contributed by atoms with Crippen LogP contribution in [0.3, 0.4) is 0 Å². The van der Waals surface area contributed by atoms with Crippen molar-refractivity contribution in [1.82, 2.24) is 0 Å². The molecule has 0 saturated heterocycles. The molecule has 0 spiro atoms. The predicted octanol–water partition coefficient (Wildman–Crippen LogP) is 1.79. The van der Waals surface area contributed by atoms with Crippen LogP contribution in [0.15, 0.2) is 24.3 Å². The van der Waals surface area contributed by atoms with Crippen LogP contribution < -0.4 is 5.73 Å². The molecule has 0 radical (unpaired) electrons. The molecule has 2 N–H and O–H groups in total. The summed E-state index contributed by atoms with van der Waals surface area (Å²) in [5, 5.41) is 0. The lowest BCUT2D eigenvalue weighted by Crippen LogP contribution is -2.01. The van der Waals surface area contributed by atoms with Crippen LogP contribution in [0.4, 0.5) is 5.69 Å². The molecule has 0 fully saturated rings. The number of ketones is 1. The van der Waals surface area contributed by atoms with Gasteiger partial charge in [-0.2, -0.15) is 0 Å². The van der Waals surface area contributed by atoms with Gasteiger partial charge < -0.3 is 5.73 Å². The first-order valence-electron chi connectivity index (χ1n) is 4.52. The number of rotatable bonds is 4. The summed E-state index contributed by atoms with van der Waals surface area (Å²) < 4.78 is 0. The summed E-state index contributed by atoms with van der Waals surface area (Å²) in [5.74, 6) is 2.63. The van der Waals surface area contributed by atoms with Gasteiger partial charge in [-0.15, -0.1) is 12.3 Å². The highest BCUT2D eigenvalue weighted by Crippen LogP contribution is 2.07. The Morgan fingerprint density at radius 1 is 1.36 bits per heavy atom. The van der Waals surface area contributed by atoms with E-state index in [-0.39, 0.29) is 5.78 Å². The first-order valence-corrected chi connectivity index (χ1v) is 4.52. The van der Waals surface area contributed by atoms with Gasteiger partial charge in [0.05, 0.1) is 0 Å². The molecular formula is C12H13NO. The lowest BCUT2D eigenvalue weighted by Gasteiger charge is -1.99. The van der Waals surface area contributed by atoms with Crippen LogP contribution in [0.5, 0.6) is 0 Å². The second kappa shape index (κ2) is 5.08. The summed E-state index contributed by atoms with van der Waals surface area (Å²) in [5.41, 5.74) is 7.23. The Bertz CT molecular complexity index is 346. The number of Topliss-reactive ketones (excluding diaryl/α,β-unsaturated/α-hetero) is 1. The number of hydrogen-bond donors (Lipinski definition) is 1. The molecule has 1 rings (SSSR count). The van der Waals surface area contributed by atoms with Gasteiger partial charge in [-0.3, -0.25) is 4.79 Å². The molecule has 1 aromatic rings. The monoisotopic (exact) mass is 187 g/mol. The number of carbonyl (C=O) groups excluding carboxylic acids is 1. The third-order valence-electron chi connectivity index (χ3n) is 1.93. The third kappa shape index (κ3) is 3.32. The molecule has 0 unspecified atom stereocenters. The molecule has 2 heteroatoms. The average molecular weight is 187 g/mol. The fourth-order valence-corrected chi connectivity index (χ4v) is 1.16. The molecule has 0 atom stereocenters. The molecule has 0 bridgehead atoms. The van der Waals surface area contributed by atoms with E-state index < -0.39 is 0 Å². The molecular weight excluding hydrogens is 174 g/mol. The van der Waals surface area contributed by atoms with Gasteiger partial charge in [0.2, 0.25) is 0 Å². The summed E-state index contributed by atoms with van der Waals surface area (Å²) in [6.45, 7) is 0. The van der Waals surface area contributed by atoms with Gasteiger partial charge in [0, 0.05) is 24.9 Å². The van der Waals surface area contributed by atoms with E-state index in [1.165, 1.54) is 0 Å². The van der Waals surface area contributed by atoms with Crippen LogP contribution in [0.1, 0.15) is 18.4 Å². The van der Waals surface area contributed by atoms with E-state index >= 15 is 0 Å². The Balaban J connectivity index is 2.49. The number of benzene rings is 1. The lowest BCUT2D eigenvalue weighted by molar-refractivity contribution is -0.118. The van der Waals surface area contributed by atoms with Crippen molar-refractivity contribution >= 4 is 11.5 Å². The molecule has 0 heterocycles. The van der Waals surface area contributed by atoms with Crippen LogP contribution in [0, 0.1) is 12.3 Å². The Labute approximate surface area is 84.1 Å². The Morgan fingerprint density at radius 2 is 2.00 bits per heavy atom. The van der Waals surface area contributed by atoms with Crippen LogP contribution >= 0.6 is 0 Å². The van der Waals surface area contributed by atoms with Crippen molar-refractivity contribution in [3.63, 3.8) is 0 Å². The average Bonchev–Trinajstić information content (AvgIpc) is 2.18. The van der Waals surface area contributed by atoms with Crippen molar-refractivity contribution in [1.29, 1.82) is 0 Å². The molecule has 72 valence electrons. The van der Waals surface area contributed by atoms with Crippen molar-refractivity contribution in [2.24, 2.45) is 0 Å². The van der Waals surface area contributed by atoms with Crippen LogP contribution in [-0.2, 0) is 11.2 Å². The van der Waals surface area contributed by atoms with E-state index in [1.807, 2.05) is 12.1 Å². The Kier molecular flexibility index (Phi) is 3.75. The largest absolute Gasteiger partial charge is 0.399 e. The molecule has 1 aromatic carbocycles. The fourth-order valence-electron chi connectivity index (χ4n) is 1.16. The first kappa shape index (κ1) is 10.3. The molecule has 0 aliphatic heterocycles. The van der Waals surface area contributed by atoms with E-state index in [0.717, 1.165) is 5.56 Å². The molecule has 2 nitrogen and oxygen atoms in total. The zero-order valence-corrected chi connectivity index (χ0v) is 7.99. The zero-order chi connectivity index (χ0) is 10.4. The zero-order valence-electron chi connectivity index (χ0n) is 7.99. The van der Waals surface area contributed by atoms with Crippen molar-refractivity contribution in [2.75, 3.05) is 5.73 Å². The van der Waals surface area contributed by atoms with Crippen molar-refractivity contribution in [3.05, 3.63) is 29.8 Å². The SMILES string of the molecule is C#CCCC(=O)Cc1ccc(N)cc1. The number of nitrogens with two attached hydrogens (primary N) is 1. The molecule has 0 aliphatic rings. The molecule has 0 saturated carbocycles. The third-order valence-corrected chi connectivity index (χ3v) is 1.93. The molecule has 0 aliphatic carbocycles. The van der Waals surface area contributed by atoms with E-state index in [9.17, 15) is 4.79 Å². The number of carbonyl (C=O) groups is 1. The standard InChI is InChI=1S/C12H13NO/c1-2-3-4-12(14)9-10-5-7-11(13)8-6-10/h1,5-8H,3-4,9,13H2. The number of anilines is 1. The quantitative estimate of drug-likeness (QED) is 0.577. The minimum Gasteiger partial charge on any atom is -0.399 e. The van der Waals surface area contributed by atoms with Gasteiger partial charge in [0.25, 0.3) is 0 Å². The lowest BCUT2D eigenvalue weighted by atomic mass is 10.1. The summed E-state index contributed by atoms with van der Waals surface area (Å²) >= 11 is 0. The maximum absolute atomic E-state index is 11.3. The van der Waals surface area contributed by atoms with Gasteiger partial charge in [0.15, 0.2) is 0 Å². The number of hydrogen-bond acceptors (Lipinski definition) is 2. The summed E-state index contributed by atoms with van der Waals surface area (Å²) in [6, 6.07) is 7.32.